The molecule has 0 N–H and O–H groups in total. The number of thiocarbonyl (C=S) groups is 1. The van der Waals surface area contributed by atoms with Crippen molar-refractivity contribution in [3.05, 3.63) is 34.9 Å². The maximum absolute atomic E-state index is 12.5. The van der Waals surface area contributed by atoms with E-state index in [2.05, 4.69) is 0 Å². The van der Waals surface area contributed by atoms with Crippen LogP contribution in [-0.4, -0.2) is 21.4 Å². The van der Waals surface area contributed by atoms with Gasteiger partial charge in [0.05, 0.1) is 5.41 Å². The van der Waals surface area contributed by atoms with Gasteiger partial charge in [0.2, 0.25) is 0 Å². The number of benzene rings is 1. The lowest BCUT2D eigenvalue weighted by Crippen LogP contribution is -2.29. The van der Waals surface area contributed by atoms with Crippen molar-refractivity contribution in [2.24, 2.45) is 11.3 Å². The zero-order valence-electron chi connectivity index (χ0n) is 14.6. The van der Waals surface area contributed by atoms with Crippen molar-refractivity contribution in [3.63, 3.8) is 0 Å². The molecule has 0 fully saturated rings. The largest absolute Gasteiger partial charge is 0.450 e. The molecule has 1 aromatic rings. The second-order valence-electron chi connectivity index (χ2n) is 6.70. The molecule has 2 unspecified atom stereocenters. The summed E-state index contributed by atoms with van der Waals surface area (Å²) in [6.45, 7) is 8.99. The van der Waals surface area contributed by atoms with Gasteiger partial charge < -0.3 is 4.74 Å². The first kappa shape index (κ1) is 21.1. The normalized spacial score (nSPS) is 13.9. The van der Waals surface area contributed by atoms with E-state index in [9.17, 15) is 9.59 Å². The molecule has 0 saturated carbocycles. The average Bonchev–Trinajstić information content (AvgIpc) is 2.45. The van der Waals surface area contributed by atoms with Gasteiger partial charge in [-0.2, -0.15) is 0 Å². The summed E-state index contributed by atoms with van der Waals surface area (Å²) in [6, 6.07) is 6.78. The Hall–Kier alpha value is -0.910. The second-order valence-corrected chi connectivity index (χ2v) is 9.38. The number of rotatable bonds is 6. The summed E-state index contributed by atoms with van der Waals surface area (Å²) in [7, 11) is 0. The molecule has 132 valence electrons. The van der Waals surface area contributed by atoms with Gasteiger partial charge >= 0.3 is 5.97 Å². The molecule has 0 aliphatic rings. The molecule has 1 aromatic carbocycles. The van der Waals surface area contributed by atoms with E-state index in [1.807, 2.05) is 6.92 Å². The predicted molar refractivity (Wildman–Crippen MR) is 105 cm³/mol. The number of hydrogen-bond acceptors (Lipinski definition) is 5. The monoisotopic (exact) mass is 386 g/mol. The lowest BCUT2D eigenvalue weighted by Gasteiger charge is -2.24. The van der Waals surface area contributed by atoms with Crippen molar-refractivity contribution in [2.75, 3.05) is 0 Å². The van der Waals surface area contributed by atoms with E-state index in [0.29, 0.717) is 21.2 Å². The van der Waals surface area contributed by atoms with Gasteiger partial charge in [0.1, 0.15) is 0 Å². The molecule has 2 atom stereocenters. The minimum atomic E-state index is -0.600. The first-order valence-corrected chi connectivity index (χ1v) is 9.35. The third-order valence-corrected chi connectivity index (χ3v) is 4.69. The summed E-state index contributed by atoms with van der Waals surface area (Å²) in [5.74, 6) is -0.612. The van der Waals surface area contributed by atoms with Gasteiger partial charge in [-0.3, -0.25) is 9.59 Å². The Bertz CT molecular complexity index is 606. The third kappa shape index (κ3) is 6.91. The van der Waals surface area contributed by atoms with Crippen molar-refractivity contribution in [1.29, 1.82) is 0 Å². The number of ketones is 1. The molecule has 6 heteroatoms. The summed E-state index contributed by atoms with van der Waals surface area (Å²) >= 11 is 12.3. The zero-order valence-corrected chi connectivity index (χ0v) is 17.0. The van der Waals surface area contributed by atoms with Crippen LogP contribution in [0.5, 0.6) is 0 Å². The zero-order chi connectivity index (χ0) is 18.5. The lowest BCUT2D eigenvalue weighted by molar-refractivity contribution is -0.154. The van der Waals surface area contributed by atoms with Crippen molar-refractivity contribution in [2.45, 2.75) is 46.5 Å². The number of ether oxygens (including phenoxy) is 1. The Labute approximate surface area is 158 Å². The first-order valence-electron chi connectivity index (χ1n) is 7.68. The number of esters is 1. The summed E-state index contributed by atoms with van der Waals surface area (Å²) in [4.78, 5) is 24.7. The van der Waals surface area contributed by atoms with Crippen LogP contribution in [0.1, 0.15) is 51.4 Å². The Kier molecular flexibility index (Phi) is 7.90. The van der Waals surface area contributed by atoms with E-state index >= 15 is 0 Å². The number of Topliss-reactive ketones (excluding diaryl/α,β-unsaturated/α-hetero) is 1. The van der Waals surface area contributed by atoms with E-state index in [-0.39, 0.29) is 17.7 Å². The van der Waals surface area contributed by atoms with Crippen molar-refractivity contribution in [1.82, 2.24) is 0 Å². The maximum atomic E-state index is 12.5. The molecule has 0 aliphatic heterocycles. The number of hydrogen-bond donors (Lipinski definition) is 0. The average molecular weight is 387 g/mol. The number of thioether (sulfide) groups is 1. The molecule has 0 bridgehead atoms. The number of halogens is 1. The SMILES string of the molecule is CC(=S)SC(CC(C)C(=O)c1ccc(Cl)cc1)OC(=O)C(C)(C)C. The minimum Gasteiger partial charge on any atom is -0.450 e. The Morgan fingerprint density at radius 3 is 2.25 bits per heavy atom. The topological polar surface area (TPSA) is 43.4 Å². The van der Waals surface area contributed by atoms with Crippen LogP contribution in [-0.2, 0) is 9.53 Å². The molecule has 24 heavy (non-hydrogen) atoms. The van der Waals surface area contributed by atoms with Crippen LogP contribution in [0.3, 0.4) is 0 Å². The van der Waals surface area contributed by atoms with Crippen LogP contribution >= 0.6 is 35.6 Å². The van der Waals surface area contributed by atoms with Crippen molar-refractivity contribution >= 4 is 51.5 Å². The van der Waals surface area contributed by atoms with Gasteiger partial charge in [-0.1, -0.05) is 42.5 Å². The van der Waals surface area contributed by atoms with Crippen LogP contribution in [0.4, 0.5) is 0 Å². The first-order chi connectivity index (χ1) is 11.0. The highest BCUT2D eigenvalue weighted by molar-refractivity contribution is 8.23. The summed E-state index contributed by atoms with van der Waals surface area (Å²) in [6.07, 6.45) is 0.405. The molecular weight excluding hydrogens is 364 g/mol. The van der Waals surface area contributed by atoms with Gasteiger partial charge in [0.25, 0.3) is 0 Å². The van der Waals surface area contributed by atoms with Gasteiger partial charge in [-0.25, -0.2) is 0 Å². The fraction of sp³-hybridized carbons (Fsp3) is 0.500. The predicted octanol–water partition coefficient (Wildman–Crippen LogP) is 5.54. The quantitative estimate of drug-likeness (QED) is 0.277. The highest BCUT2D eigenvalue weighted by Gasteiger charge is 2.29. The minimum absolute atomic E-state index is 0.00824. The van der Waals surface area contributed by atoms with Crippen LogP contribution in [0.15, 0.2) is 24.3 Å². The van der Waals surface area contributed by atoms with Gasteiger partial charge in [0.15, 0.2) is 11.2 Å². The molecule has 0 spiro atoms. The highest BCUT2D eigenvalue weighted by atomic mass is 35.5. The fourth-order valence-electron chi connectivity index (χ4n) is 1.90. The second kappa shape index (κ2) is 8.97. The van der Waals surface area contributed by atoms with E-state index in [1.54, 1.807) is 52.0 Å². The van der Waals surface area contributed by atoms with Gasteiger partial charge in [0, 0.05) is 27.1 Å². The van der Waals surface area contributed by atoms with E-state index in [1.165, 1.54) is 11.8 Å². The fourth-order valence-corrected chi connectivity index (χ4v) is 3.23. The number of carbonyl (C=O) groups excluding carboxylic acids is 2. The van der Waals surface area contributed by atoms with Crippen LogP contribution in [0.2, 0.25) is 5.02 Å². The number of carbonyl (C=O) groups is 2. The standard InChI is InChI=1S/C18H23ClO3S2/c1-11(16(20)13-6-8-14(19)9-7-13)10-15(24-12(2)23)22-17(21)18(3,4)5/h6-9,11,15H,10H2,1-5H3. The van der Waals surface area contributed by atoms with Gasteiger partial charge in [-0.15, -0.1) is 0 Å². The van der Waals surface area contributed by atoms with Crippen LogP contribution < -0.4 is 0 Å². The summed E-state index contributed by atoms with van der Waals surface area (Å²) in [5, 5.41) is 0.586. The molecule has 3 nitrogen and oxygen atoms in total. The Morgan fingerprint density at radius 2 is 1.79 bits per heavy atom. The molecule has 0 heterocycles. The summed E-state index contributed by atoms with van der Waals surface area (Å²) < 4.78 is 6.24. The maximum Gasteiger partial charge on any atom is 0.312 e. The molecule has 0 radical (unpaired) electrons. The molecule has 0 aliphatic carbocycles. The van der Waals surface area contributed by atoms with E-state index in [0.717, 1.165) is 0 Å². The van der Waals surface area contributed by atoms with Crippen molar-refractivity contribution < 1.29 is 14.3 Å². The Morgan fingerprint density at radius 1 is 1.25 bits per heavy atom. The molecule has 0 aromatic heterocycles. The lowest BCUT2D eigenvalue weighted by atomic mass is 9.96. The summed E-state index contributed by atoms with van der Waals surface area (Å²) in [5.41, 5.74) is -0.477. The molecule has 0 saturated heterocycles. The van der Waals surface area contributed by atoms with Gasteiger partial charge in [-0.05, 0) is 52.0 Å². The highest BCUT2D eigenvalue weighted by Crippen LogP contribution is 2.27. The van der Waals surface area contributed by atoms with Crippen molar-refractivity contribution in [3.8, 4) is 0 Å². The van der Waals surface area contributed by atoms with Crippen LogP contribution in [0, 0.1) is 11.3 Å². The smallest absolute Gasteiger partial charge is 0.312 e. The van der Waals surface area contributed by atoms with E-state index in [4.69, 9.17) is 28.6 Å². The molecule has 1 rings (SSSR count). The van der Waals surface area contributed by atoms with Crippen LogP contribution in [0.25, 0.3) is 0 Å². The molecular formula is C18H23ClO3S2. The molecule has 0 amide bonds. The van der Waals surface area contributed by atoms with E-state index < -0.39 is 10.9 Å². The third-order valence-electron chi connectivity index (χ3n) is 3.27. The Balaban J connectivity index is 2.81.